The average molecular weight is 470 g/mol. The zero-order valence-electron chi connectivity index (χ0n) is 18.8. The number of ether oxygens (including phenoxy) is 2. The van der Waals surface area contributed by atoms with Crippen LogP contribution >= 0.6 is 11.8 Å². The number of alkyl halides is 1. The Morgan fingerprint density at radius 2 is 2.16 bits per heavy atom. The Labute approximate surface area is 190 Å². The summed E-state index contributed by atoms with van der Waals surface area (Å²) in [7, 11) is 1.68. The van der Waals surface area contributed by atoms with E-state index in [1.165, 1.54) is 18.2 Å². The van der Waals surface area contributed by atoms with Gasteiger partial charge in [0.05, 0.1) is 23.5 Å². The van der Waals surface area contributed by atoms with Crippen LogP contribution in [-0.4, -0.2) is 60.4 Å². The lowest BCUT2D eigenvalue weighted by atomic mass is 9.66. The van der Waals surface area contributed by atoms with Crippen molar-refractivity contribution in [3.05, 3.63) is 35.1 Å². The minimum absolute atomic E-state index is 0.0647. The SMILES string of the molecule is CNC12CC(C)OCC1(c1cc(C=O)ccc1F)N=C(NC(=O)OC(C)(C)C)SC2CF. The molecule has 2 heterocycles. The van der Waals surface area contributed by atoms with Crippen LogP contribution in [0.1, 0.15) is 50.0 Å². The van der Waals surface area contributed by atoms with E-state index < -0.39 is 40.5 Å². The van der Waals surface area contributed by atoms with E-state index in [2.05, 4.69) is 10.6 Å². The number of alkyl carbamates (subject to hydrolysis) is 1. The summed E-state index contributed by atoms with van der Waals surface area (Å²) in [5.74, 6) is -0.599. The number of amides is 1. The minimum Gasteiger partial charge on any atom is -0.444 e. The molecule has 3 rings (SSSR count). The molecule has 32 heavy (non-hydrogen) atoms. The van der Waals surface area contributed by atoms with E-state index in [1.807, 2.05) is 6.92 Å². The van der Waals surface area contributed by atoms with E-state index in [1.54, 1.807) is 27.8 Å². The largest absolute Gasteiger partial charge is 0.444 e. The van der Waals surface area contributed by atoms with Gasteiger partial charge in [-0.2, -0.15) is 0 Å². The second-order valence-corrected chi connectivity index (χ2v) is 10.3. The molecule has 4 unspecified atom stereocenters. The van der Waals surface area contributed by atoms with E-state index in [4.69, 9.17) is 14.5 Å². The number of rotatable bonds is 4. The Kier molecular flexibility index (Phi) is 6.97. The van der Waals surface area contributed by atoms with Crippen LogP contribution in [0.4, 0.5) is 13.6 Å². The molecule has 1 aromatic rings. The first-order chi connectivity index (χ1) is 15.0. The molecule has 0 aliphatic carbocycles. The molecule has 2 aliphatic heterocycles. The van der Waals surface area contributed by atoms with Gasteiger partial charge in [-0.15, -0.1) is 0 Å². The summed E-state index contributed by atoms with van der Waals surface area (Å²) in [6, 6.07) is 3.96. The quantitative estimate of drug-likeness (QED) is 0.656. The van der Waals surface area contributed by atoms with Gasteiger partial charge in [-0.3, -0.25) is 10.1 Å². The highest BCUT2D eigenvalue weighted by Gasteiger charge is 2.63. The highest BCUT2D eigenvalue weighted by molar-refractivity contribution is 8.14. The molecule has 1 amide bonds. The summed E-state index contributed by atoms with van der Waals surface area (Å²) in [5, 5.41) is 5.17. The molecule has 1 fully saturated rings. The van der Waals surface area contributed by atoms with Crippen LogP contribution in [0.15, 0.2) is 23.2 Å². The van der Waals surface area contributed by atoms with Crippen LogP contribution in [0, 0.1) is 5.82 Å². The first-order valence-electron chi connectivity index (χ1n) is 10.4. The molecule has 1 aromatic carbocycles. The number of benzene rings is 1. The minimum atomic E-state index is -1.43. The number of thioether (sulfide) groups is 1. The number of aliphatic imine (C=N–C) groups is 1. The van der Waals surface area contributed by atoms with Crippen molar-refractivity contribution >= 4 is 29.3 Å². The average Bonchev–Trinajstić information content (AvgIpc) is 2.72. The number of hydrogen-bond acceptors (Lipinski definition) is 7. The normalized spacial score (nSPS) is 30.2. The van der Waals surface area contributed by atoms with Gasteiger partial charge in [0, 0.05) is 11.1 Å². The summed E-state index contributed by atoms with van der Waals surface area (Å²) < 4.78 is 40.9. The number of likely N-dealkylation sites (N-methyl/N-ethyl adjacent to an activating group) is 1. The van der Waals surface area contributed by atoms with Crippen molar-refractivity contribution in [3.63, 3.8) is 0 Å². The summed E-state index contributed by atoms with van der Waals surface area (Å²) in [6.07, 6.45) is -0.0291. The zero-order chi connectivity index (χ0) is 23.7. The van der Waals surface area contributed by atoms with Crippen LogP contribution in [0.25, 0.3) is 0 Å². The highest BCUT2D eigenvalue weighted by Crippen LogP contribution is 2.53. The zero-order valence-corrected chi connectivity index (χ0v) is 19.6. The maximum atomic E-state index is 15.2. The molecule has 0 radical (unpaired) electrons. The fourth-order valence-corrected chi connectivity index (χ4v) is 5.72. The summed E-state index contributed by atoms with van der Waals surface area (Å²) in [4.78, 5) is 28.6. The first-order valence-corrected chi connectivity index (χ1v) is 11.3. The standard InChI is InChI=1S/C22H29F2N3O4S/c1-13-9-21(25-5)17(10-23)32-18(26-19(29)31-20(2,3)4)27-22(21,12-30-13)15-8-14(11-28)6-7-16(15)24/h6-8,11,13,17,25H,9-10,12H2,1-5H3,(H,26,27,29). The number of hydrogen-bond donors (Lipinski definition) is 2. The van der Waals surface area contributed by atoms with Crippen molar-refractivity contribution in [3.8, 4) is 0 Å². The van der Waals surface area contributed by atoms with Crippen molar-refractivity contribution in [1.29, 1.82) is 0 Å². The molecule has 1 saturated heterocycles. The molecule has 0 aromatic heterocycles. The Balaban J connectivity index is 2.20. The maximum absolute atomic E-state index is 15.2. The van der Waals surface area contributed by atoms with Gasteiger partial charge in [0.1, 0.15) is 29.9 Å². The number of nitrogens with one attached hydrogen (secondary N) is 2. The maximum Gasteiger partial charge on any atom is 0.413 e. The van der Waals surface area contributed by atoms with Crippen LogP contribution in [-0.2, 0) is 15.0 Å². The van der Waals surface area contributed by atoms with Gasteiger partial charge in [0.2, 0.25) is 0 Å². The monoisotopic (exact) mass is 469 g/mol. The van der Waals surface area contributed by atoms with Crippen molar-refractivity contribution in [2.45, 2.75) is 62.1 Å². The van der Waals surface area contributed by atoms with E-state index in [9.17, 15) is 14.0 Å². The van der Waals surface area contributed by atoms with E-state index in [0.29, 0.717) is 12.7 Å². The highest BCUT2D eigenvalue weighted by atomic mass is 32.2. The second-order valence-electron chi connectivity index (χ2n) is 9.07. The van der Waals surface area contributed by atoms with Gasteiger partial charge in [-0.1, -0.05) is 11.8 Å². The molecule has 176 valence electrons. The Hall–Kier alpha value is -2.04. The third-order valence-electron chi connectivity index (χ3n) is 5.79. The van der Waals surface area contributed by atoms with Gasteiger partial charge in [0.25, 0.3) is 0 Å². The molecule has 2 N–H and O–H groups in total. The number of carbonyl (C=O) groups is 2. The van der Waals surface area contributed by atoms with Crippen molar-refractivity contribution in [2.24, 2.45) is 4.99 Å². The molecule has 0 saturated carbocycles. The third-order valence-corrected chi connectivity index (χ3v) is 7.02. The fraction of sp³-hybridized carbons (Fsp3) is 0.591. The van der Waals surface area contributed by atoms with Crippen LogP contribution in [0.3, 0.4) is 0 Å². The molecule has 7 nitrogen and oxygen atoms in total. The molecule has 0 bridgehead atoms. The summed E-state index contributed by atoms with van der Waals surface area (Å²) in [5.41, 5.74) is -2.85. The molecular weight excluding hydrogens is 440 g/mol. The molecule has 2 aliphatic rings. The molecule has 10 heteroatoms. The number of aldehydes is 1. The van der Waals surface area contributed by atoms with E-state index in [0.717, 1.165) is 11.8 Å². The van der Waals surface area contributed by atoms with Gasteiger partial charge >= 0.3 is 6.09 Å². The lowest BCUT2D eigenvalue weighted by molar-refractivity contribution is -0.0790. The van der Waals surface area contributed by atoms with Crippen LogP contribution in [0.2, 0.25) is 0 Å². The van der Waals surface area contributed by atoms with Gasteiger partial charge in [-0.05, 0) is 59.4 Å². The van der Waals surface area contributed by atoms with Crippen molar-refractivity contribution in [1.82, 2.24) is 10.6 Å². The summed E-state index contributed by atoms with van der Waals surface area (Å²) in [6.45, 7) is 6.19. The molecule has 4 atom stereocenters. The smallest absolute Gasteiger partial charge is 0.413 e. The molecule has 0 spiro atoms. The number of nitrogens with zero attached hydrogens (tertiary/aromatic N) is 1. The Morgan fingerprint density at radius 1 is 1.44 bits per heavy atom. The van der Waals surface area contributed by atoms with Crippen molar-refractivity contribution < 1.29 is 27.8 Å². The second kappa shape index (κ2) is 9.07. The lowest BCUT2D eigenvalue weighted by Crippen LogP contribution is -2.73. The predicted octanol–water partition coefficient (Wildman–Crippen LogP) is 3.57. The summed E-state index contributed by atoms with van der Waals surface area (Å²) >= 11 is 1.06. The van der Waals surface area contributed by atoms with Crippen molar-refractivity contribution in [2.75, 3.05) is 20.3 Å². The first kappa shape index (κ1) is 24.6. The number of fused-ring (bicyclic) bond motifs is 1. The molecular formula is C22H29F2N3O4S. The predicted molar refractivity (Wildman–Crippen MR) is 119 cm³/mol. The third kappa shape index (κ3) is 4.40. The van der Waals surface area contributed by atoms with Gasteiger partial charge in [-0.25, -0.2) is 18.6 Å². The van der Waals surface area contributed by atoms with E-state index in [-0.39, 0.29) is 29.0 Å². The number of halogens is 2. The Morgan fingerprint density at radius 3 is 2.75 bits per heavy atom. The van der Waals surface area contributed by atoms with Crippen LogP contribution < -0.4 is 10.6 Å². The number of amidine groups is 1. The van der Waals surface area contributed by atoms with E-state index >= 15 is 4.39 Å². The number of carbonyl (C=O) groups excluding carboxylic acids is 2. The lowest BCUT2D eigenvalue weighted by Gasteiger charge is -2.57. The fourth-order valence-electron chi connectivity index (χ4n) is 4.43. The van der Waals surface area contributed by atoms with Gasteiger partial charge in [0.15, 0.2) is 5.17 Å². The van der Waals surface area contributed by atoms with Crippen LogP contribution in [0.5, 0.6) is 0 Å². The topological polar surface area (TPSA) is 89.0 Å². The Bertz CT molecular complexity index is 923. The van der Waals surface area contributed by atoms with Gasteiger partial charge < -0.3 is 14.8 Å².